The van der Waals surface area contributed by atoms with E-state index in [1.165, 1.54) is 0 Å². The third-order valence-corrected chi connectivity index (χ3v) is 3.89. The van der Waals surface area contributed by atoms with Crippen LogP contribution in [0.25, 0.3) is 21.1 Å². The third kappa shape index (κ3) is 2.32. The molecule has 0 saturated carbocycles. The molecule has 0 aromatic carbocycles. The van der Waals surface area contributed by atoms with Crippen LogP contribution in [0.15, 0.2) is 53.5 Å². The van der Waals surface area contributed by atoms with Gasteiger partial charge in [-0.05, 0) is 40.2 Å². The average molecular weight is 318 g/mol. The van der Waals surface area contributed by atoms with Gasteiger partial charge in [0.05, 0.1) is 10.6 Å². The summed E-state index contributed by atoms with van der Waals surface area (Å²) in [6.07, 6.45) is 5.42. The summed E-state index contributed by atoms with van der Waals surface area (Å²) in [5.74, 6) is 0. The fourth-order valence-corrected chi connectivity index (χ4v) is 2.78. The van der Waals surface area contributed by atoms with Gasteiger partial charge in [-0.25, -0.2) is 9.97 Å². The molecule has 18 heavy (non-hydrogen) atoms. The number of rotatable bonds is 2. The van der Waals surface area contributed by atoms with Crippen LogP contribution in [-0.4, -0.2) is 15.0 Å². The van der Waals surface area contributed by atoms with Crippen LogP contribution in [0.1, 0.15) is 0 Å². The first-order chi connectivity index (χ1) is 8.83. The standard InChI is InChI=1S/C13H8BrN3S/c14-12-5-1-4-10(17-12)11-8-16-13(18-11)9-3-2-6-15-7-9/h1-8H. The molecule has 0 saturated heterocycles. The Bertz CT molecular complexity index is 667. The van der Waals surface area contributed by atoms with Gasteiger partial charge in [0.15, 0.2) is 0 Å². The monoisotopic (exact) mass is 317 g/mol. The lowest BCUT2D eigenvalue weighted by molar-refractivity contribution is 1.28. The first-order valence-corrected chi connectivity index (χ1v) is 6.93. The highest BCUT2D eigenvalue weighted by Crippen LogP contribution is 2.30. The van der Waals surface area contributed by atoms with Gasteiger partial charge in [-0.3, -0.25) is 4.98 Å². The number of pyridine rings is 2. The van der Waals surface area contributed by atoms with Crippen LogP contribution in [0.2, 0.25) is 0 Å². The molecule has 88 valence electrons. The molecule has 3 heterocycles. The summed E-state index contributed by atoms with van der Waals surface area (Å²) in [7, 11) is 0. The summed E-state index contributed by atoms with van der Waals surface area (Å²) in [5.41, 5.74) is 1.96. The Balaban J connectivity index is 2.00. The van der Waals surface area contributed by atoms with Gasteiger partial charge in [0.1, 0.15) is 9.61 Å². The number of nitrogens with zero attached hydrogens (tertiary/aromatic N) is 3. The zero-order valence-corrected chi connectivity index (χ0v) is 11.6. The molecule has 3 rings (SSSR count). The number of thiazole rings is 1. The van der Waals surface area contributed by atoms with Gasteiger partial charge in [-0.2, -0.15) is 0 Å². The average Bonchev–Trinajstić information content (AvgIpc) is 2.89. The molecule has 0 aliphatic heterocycles. The topological polar surface area (TPSA) is 38.7 Å². The minimum atomic E-state index is 0.830. The Labute approximate surface area is 117 Å². The van der Waals surface area contributed by atoms with Crippen LogP contribution in [0.3, 0.4) is 0 Å². The van der Waals surface area contributed by atoms with Crippen LogP contribution < -0.4 is 0 Å². The van der Waals surface area contributed by atoms with E-state index in [2.05, 4.69) is 30.9 Å². The van der Waals surface area contributed by atoms with Gasteiger partial charge >= 0.3 is 0 Å². The van der Waals surface area contributed by atoms with Gasteiger partial charge in [0.2, 0.25) is 0 Å². The Kier molecular flexibility index (Phi) is 3.17. The van der Waals surface area contributed by atoms with Crippen molar-refractivity contribution >= 4 is 27.3 Å². The first kappa shape index (κ1) is 11.5. The maximum Gasteiger partial charge on any atom is 0.125 e. The summed E-state index contributed by atoms with van der Waals surface area (Å²) < 4.78 is 0.830. The lowest BCUT2D eigenvalue weighted by Gasteiger charge is -1.96. The van der Waals surface area contributed by atoms with Crippen molar-refractivity contribution in [2.75, 3.05) is 0 Å². The summed E-state index contributed by atoms with van der Waals surface area (Å²) in [6.45, 7) is 0. The van der Waals surface area contributed by atoms with Crippen LogP contribution in [0, 0.1) is 0 Å². The fourth-order valence-electron chi connectivity index (χ4n) is 1.56. The van der Waals surface area contributed by atoms with Crippen LogP contribution in [0.5, 0.6) is 0 Å². The molecular formula is C13H8BrN3S. The summed E-state index contributed by atoms with van der Waals surface area (Å²) in [5, 5.41) is 0.958. The summed E-state index contributed by atoms with van der Waals surface area (Å²) in [4.78, 5) is 14.0. The van der Waals surface area contributed by atoms with E-state index in [1.54, 1.807) is 17.5 Å². The zero-order valence-electron chi connectivity index (χ0n) is 9.25. The van der Waals surface area contributed by atoms with E-state index in [0.717, 1.165) is 25.7 Å². The van der Waals surface area contributed by atoms with Gasteiger partial charge in [-0.15, -0.1) is 11.3 Å². The molecular weight excluding hydrogens is 310 g/mol. The molecule has 0 aliphatic carbocycles. The van der Waals surface area contributed by atoms with Crippen molar-refractivity contribution in [2.45, 2.75) is 0 Å². The predicted molar refractivity (Wildman–Crippen MR) is 76.3 cm³/mol. The SMILES string of the molecule is Brc1cccc(-c2cnc(-c3cccnc3)s2)n1. The van der Waals surface area contributed by atoms with Crippen molar-refractivity contribution < 1.29 is 0 Å². The molecule has 3 nitrogen and oxygen atoms in total. The van der Waals surface area contributed by atoms with E-state index in [-0.39, 0.29) is 0 Å². The number of aromatic nitrogens is 3. The molecule has 0 amide bonds. The molecule has 0 spiro atoms. The smallest absolute Gasteiger partial charge is 0.125 e. The molecule has 3 aromatic heterocycles. The second-order valence-electron chi connectivity index (χ2n) is 3.62. The molecule has 0 unspecified atom stereocenters. The van der Waals surface area contributed by atoms with E-state index in [9.17, 15) is 0 Å². The minimum absolute atomic E-state index is 0.830. The third-order valence-electron chi connectivity index (χ3n) is 2.38. The molecule has 0 radical (unpaired) electrons. The lowest BCUT2D eigenvalue weighted by Crippen LogP contribution is -1.79. The van der Waals surface area contributed by atoms with Crippen molar-refractivity contribution in [3.8, 4) is 21.1 Å². The van der Waals surface area contributed by atoms with E-state index < -0.39 is 0 Å². The highest BCUT2D eigenvalue weighted by Gasteiger charge is 2.07. The largest absolute Gasteiger partial charge is 0.264 e. The Morgan fingerprint density at radius 1 is 1.06 bits per heavy atom. The van der Waals surface area contributed by atoms with Crippen molar-refractivity contribution in [1.29, 1.82) is 0 Å². The van der Waals surface area contributed by atoms with Gasteiger partial charge in [-0.1, -0.05) is 6.07 Å². The van der Waals surface area contributed by atoms with Crippen LogP contribution in [-0.2, 0) is 0 Å². The van der Waals surface area contributed by atoms with Crippen molar-refractivity contribution in [1.82, 2.24) is 15.0 Å². The molecule has 0 N–H and O–H groups in total. The highest BCUT2D eigenvalue weighted by molar-refractivity contribution is 9.10. The zero-order chi connectivity index (χ0) is 12.4. The lowest BCUT2D eigenvalue weighted by atomic mass is 10.3. The number of halogens is 1. The van der Waals surface area contributed by atoms with Crippen LogP contribution in [0.4, 0.5) is 0 Å². The van der Waals surface area contributed by atoms with Crippen molar-refractivity contribution in [3.63, 3.8) is 0 Å². The number of hydrogen-bond acceptors (Lipinski definition) is 4. The van der Waals surface area contributed by atoms with E-state index in [1.807, 2.05) is 42.7 Å². The Morgan fingerprint density at radius 3 is 2.78 bits per heavy atom. The minimum Gasteiger partial charge on any atom is -0.264 e. The van der Waals surface area contributed by atoms with Gasteiger partial charge in [0, 0.05) is 24.2 Å². The van der Waals surface area contributed by atoms with Gasteiger partial charge in [0.25, 0.3) is 0 Å². The Morgan fingerprint density at radius 2 is 2.00 bits per heavy atom. The normalized spacial score (nSPS) is 10.5. The summed E-state index contributed by atoms with van der Waals surface area (Å²) in [6, 6.07) is 9.77. The fraction of sp³-hybridized carbons (Fsp3) is 0. The van der Waals surface area contributed by atoms with Crippen LogP contribution >= 0.6 is 27.3 Å². The maximum atomic E-state index is 4.42. The Hall–Kier alpha value is -1.59. The number of hydrogen-bond donors (Lipinski definition) is 0. The molecule has 3 aromatic rings. The molecule has 0 aliphatic rings. The molecule has 0 fully saturated rings. The second-order valence-corrected chi connectivity index (χ2v) is 5.46. The van der Waals surface area contributed by atoms with E-state index >= 15 is 0 Å². The second kappa shape index (κ2) is 4.96. The van der Waals surface area contributed by atoms with E-state index in [4.69, 9.17) is 0 Å². The summed E-state index contributed by atoms with van der Waals surface area (Å²) >= 11 is 4.99. The molecule has 5 heteroatoms. The van der Waals surface area contributed by atoms with Gasteiger partial charge < -0.3 is 0 Å². The van der Waals surface area contributed by atoms with Crippen molar-refractivity contribution in [3.05, 3.63) is 53.5 Å². The van der Waals surface area contributed by atoms with Crippen molar-refractivity contribution in [2.24, 2.45) is 0 Å². The first-order valence-electron chi connectivity index (χ1n) is 5.32. The maximum absolute atomic E-state index is 4.42. The highest BCUT2D eigenvalue weighted by atomic mass is 79.9. The predicted octanol–water partition coefficient (Wildman–Crippen LogP) is 4.03. The quantitative estimate of drug-likeness (QED) is 0.670. The van der Waals surface area contributed by atoms with E-state index in [0.29, 0.717) is 0 Å². The molecule has 0 atom stereocenters. The molecule has 0 bridgehead atoms.